The maximum absolute atomic E-state index is 13.7. The normalized spacial score (nSPS) is 10.3. The second kappa shape index (κ2) is 6.30. The second-order valence-electron chi connectivity index (χ2n) is 3.67. The zero-order chi connectivity index (χ0) is 13.7. The van der Waals surface area contributed by atoms with Crippen LogP contribution >= 0.6 is 0 Å². The van der Waals surface area contributed by atoms with Crippen molar-refractivity contribution in [3.8, 4) is 5.75 Å². The number of carbonyl (C=O) groups is 1. The first-order chi connectivity index (χ1) is 8.51. The van der Waals surface area contributed by atoms with Crippen LogP contribution in [0, 0.1) is 11.6 Å². The molecular weight excluding hydrogens is 242 g/mol. The molecule has 0 spiro atoms. The van der Waals surface area contributed by atoms with Crippen molar-refractivity contribution in [2.24, 2.45) is 0 Å². The average Bonchev–Trinajstić information content (AvgIpc) is 2.37. The first kappa shape index (κ1) is 14.4. The van der Waals surface area contributed by atoms with E-state index in [2.05, 4.69) is 10.1 Å². The van der Waals surface area contributed by atoms with Crippen LogP contribution in [0.2, 0.25) is 0 Å². The van der Waals surface area contributed by atoms with Crippen molar-refractivity contribution in [1.29, 1.82) is 0 Å². The molecule has 1 aromatic carbocycles. The maximum Gasteiger partial charge on any atom is 0.240 e. The molecule has 0 saturated carbocycles. The SMILES string of the molecule is CCNCC(=O)N(C)c1cc(F)c(OC)cc1F. The van der Waals surface area contributed by atoms with Crippen LogP contribution in [0.25, 0.3) is 0 Å². The molecule has 1 amide bonds. The number of hydrogen-bond acceptors (Lipinski definition) is 3. The molecule has 0 radical (unpaired) electrons. The minimum Gasteiger partial charge on any atom is -0.494 e. The van der Waals surface area contributed by atoms with Gasteiger partial charge in [-0.05, 0) is 6.54 Å². The largest absolute Gasteiger partial charge is 0.494 e. The quantitative estimate of drug-likeness (QED) is 0.871. The molecule has 1 rings (SSSR count). The zero-order valence-electron chi connectivity index (χ0n) is 10.6. The molecule has 18 heavy (non-hydrogen) atoms. The smallest absolute Gasteiger partial charge is 0.240 e. The van der Waals surface area contributed by atoms with E-state index in [0.717, 1.165) is 17.0 Å². The van der Waals surface area contributed by atoms with E-state index in [-0.39, 0.29) is 23.9 Å². The lowest BCUT2D eigenvalue weighted by molar-refractivity contribution is -0.117. The molecule has 1 N–H and O–H groups in total. The molecule has 0 bridgehead atoms. The van der Waals surface area contributed by atoms with E-state index in [1.54, 1.807) is 0 Å². The summed E-state index contributed by atoms with van der Waals surface area (Å²) in [6.07, 6.45) is 0. The van der Waals surface area contributed by atoms with Crippen molar-refractivity contribution in [3.63, 3.8) is 0 Å². The fourth-order valence-electron chi connectivity index (χ4n) is 1.42. The molecular formula is C12H16F2N2O2. The first-order valence-corrected chi connectivity index (χ1v) is 5.51. The Bertz CT molecular complexity index is 438. The summed E-state index contributed by atoms with van der Waals surface area (Å²) in [6, 6.07) is 1.86. The third-order valence-corrected chi connectivity index (χ3v) is 2.48. The number of carbonyl (C=O) groups excluding carboxylic acids is 1. The van der Waals surface area contributed by atoms with Crippen LogP contribution in [0.15, 0.2) is 12.1 Å². The Morgan fingerprint density at radius 2 is 2.06 bits per heavy atom. The van der Waals surface area contributed by atoms with Crippen LogP contribution in [0.5, 0.6) is 5.75 Å². The zero-order valence-corrected chi connectivity index (χ0v) is 10.6. The predicted molar refractivity (Wildman–Crippen MR) is 64.9 cm³/mol. The van der Waals surface area contributed by atoms with Crippen molar-refractivity contribution < 1.29 is 18.3 Å². The van der Waals surface area contributed by atoms with Gasteiger partial charge in [-0.1, -0.05) is 6.92 Å². The Kier molecular flexibility index (Phi) is 5.03. The lowest BCUT2D eigenvalue weighted by Gasteiger charge is -2.19. The van der Waals surface area contributed by atoms with Gasteiger partial charge in [-0.15, -0.1) is 0 Å². The van der Waals surface area contributed by atoms with Gasteiger partial charge in [-0.2, -0.15) is 0 Å². The van der Waals surface area contributed by atoms with Crippen LogP contribution in [0.1, 0.15) is 6.92 Å². The van der Waals surface area contributed by atoms with E-state index in [4.69, 9.17) is 0 Å². The summed E-state index contributed by atoms with van der Waals surface area (Å²) in [5, 5.41) is 2.82. The molecule has 0 saturated heterocycles. The second-order valence-corrected chi connectivity index (χ2v) is 3.67. The Morgan fingerprint density at radius 3 is 2.61 bits per heavy atom. The van der Waals surface area contributed by atoms with Gasteiger partial charge in [-0.3, -0.25) is 4.79 Å². The maximum atomic E-state index is 13.7. The molecule has 0 atom stereocenters. The Hall–Kier alpha value is -1.69. The number of halogens is 2. The predicted octanol–water partition coefficient (Wildman–Crippen LogP) is 1.55. The van der Waals surface area contributed by atoms with Gasteiger partial charge in [0.05, 0.1) is 19.3 Å². The summed E-state index contributed by atoms with van der Waals surface area (Å²) in [4.78, 5) is 12.7. The third kappa shape index (κ3) is 3.16. The Balaban J connectivity index is 2.95. The summed E-state index contributed by atoms with van der Waals surface area (Å²) in [5.41, 5.74) is -0.115. The molecule has 0 aromatic heterocycles. The number of benzene rings is 1. The monoisotopic (exact) mass is 258 g/mol. The highest BCUT2D eigenvalue weighted by molar-refractivity contribution is 5.94. The van der Waals surface area contributed by atoms with Crippen LogP contribution < -0.4 is 15.0 Å². The number of nitrogens with one attached hydrogen (secondary N) is 1. The van der Waals surface area contributed by atoms with E-state index < -0.39 is 11.6 Å². The highest BCUT2D eigenvalue weighted by Crippen LogP contribution is 2.26. The molecule has 0 unspecified atom stereocenters. The van der Waals surface area contributed by atoms with Crippen LogP contribution in [-0.4, -0.2) is 33.2 Å². The van der Waals surface area contributed by atoms with Crippen molar-refractivity contribution in [3.05, 3.63) is 23.8 Å². The van der Waals surface area contributed by atoms with Crippen LogP contribution in [-0.2, 0) is 4.79 Å². The standard InChI is InChI=1S/C12H16F2N2O2/c1-4-15-7-12(17)16(2)10-5-9(14)11(18-3)6-8(10)13/h5-6,15H,4,7H2,1-3H3. The topological polar surface area (TPSA) is 41.6 Å². The molecule has 4 nitrogen and oxygen atoms in total. The summed E-state index contributed by atoms with van der Waals surface area (Å²) in [5.74, 6) is -1.96. The van der Waals surface area contributed by atoms with E-state index in [1.165, 1.54) is 14.2 Å². The third-order valence-electron chi connectivity index (χ3n) is 2.48. The summed E-state index contributed by atoms with van der Waals surface area (Å²) >= 11 is 0. The fourth-order valence-corrected chi connectivity index (χ4v) is 1.42. The summed E-state index contributed by atoms with van der Waals surface area (Å²) < 4.78 is 31.8. The number of likely N-dealkylation sites (N-methyl/N-ethyl adjacent to an activating group) is 2. The van der Waals surface area contributed by atoms with Gasteiger partial charge >= 0.3 is 0 Å². The molecule has 0 aliphatic heterocycles. The number of hydrogen-bond donors (Lipinski definition) is 1. The van der Waals surface area contributed by atoms with Gasteiger partial charge in [-0.25, -0.2) is 8.78 Å². The van der Waals surface area contributed by atoms with Gasteiger partial charge < -0.3 is 15.0 Å². The minimum atomic E-state index is -0.711. The summed E-state index contributed by atoms with van der Waals surface area (Å²) in [7, 11) is 2.64. The average molecular weight is 258 g/mol. The van der Waals surface area contributed by atoms with Crippen molar-refractivity contribution in [1.82, 2.24) is 5.32 Å². The van der Waals surface area contributed by atoms with E-state index in [1.807, 2.05) is 6.92 Å². The summed E-state index contributed by atoms with van der Waals surface area (Å²) in [6.45, 7) is 2.54. The van der Waals surface area contributed by atoms with Gasteiger partial charge in [0.25, 0.3) is 0 Å². The van der Waals surface area contributed by atoms with Crippen LogP contribution in [0.3, 0.4) is 0 Å². The van der Waals surface area contributed by atoms with Crippen molar-refractivity contribution >= 4 is 11.6 Å². The molecule has 6 heteroatoms. The minimum absolute atomic E-state index is 0.0695. The van der Waals surface area contributed by atoms with E-state index >= 15 is 0 Å². The fraction of sp³-hybridized carbons (Fsp3) is 0.417. The van der Waals surface area contributed by atoms with Gasteiger partial charge in [0.15, 0.2) is 17.4 Å². The molecule has 1 aromatic rings. The van der Waals surface area contributed by atoms with Gasteiger partial charge in [0.1, 0.15) is 0 Å². The molecule has 0 fully saturated rings. The Morgan fingerprint density at radius 1 is 1.39 bits per heavy atom. The highest BCUT2D eigenvalue weighted by atomic mass is 19.1. The lowest BCUT2D eigenvalue weighted by atomic mass is 10.2. The molecule has 0 heterocycles. The highest BCUT2D eigenvalue weighted by Gasteiger charge is 2.17. The number of amides is 1. The lowest BCUT2D eigenvalue weighted by Crippen LogP contribution is -2.36. The van der Waals surface area contributed by atoms with E-state index in [9.17, 15) is 13.6 Å². The molecule has 0 aliphatic carbocycles. The number of rotatable bonds is 5. The number of nitrogens with zero attached hydrogens (tertiary/aromatic N) is 1. The number of ether oxygens (including phenoxy) is 1. The van der Waals surface area contributed by atoms with Crippen LogP contribution in [0.4, 0.5) is 14.5 Å². The van der Waals surface area contributed by atoms with Crippen molar-refractivity contribution in [2.75, 3.05) is 32.1 Å². The molecule has 100 valence electrons. The first-order valence-electron chi connectivity index (χ1n) is 5.51. The number of methoxy groups -OCH3 is 1. The van der Waals surface area contributed by atoms with E-state index in [0.29, 0.717) is 6.54 Å². The Labute approximate surface area is 105 Å². The van der Waals surface area contributed by atoms with Crippen molar-refractivity contribution in [2.45, 2.75) is 6.92 Å². The van der Waals surface area contributed by atoms with Gasteiger partial charge in [0, 0.05) is 19.2 Å². The molecule has 0 aliphatic rings. The van der Waals surface area contributed by atoms with Gasteiger partial charge in [0.2, 0.25) is 5.91 Å². The number of anilines is 1.